The lowest BCUT2D eigenvalue weighted by Crippen LogP contribution is -2.25. The summed E-state index contributed by atoms with van der Waals surface area (Å²) in [6.07, 6.45) is 1.59. The van der Waals surface area contributed by atoms with Gasteiger partial charge in [0.15, 0.2) is 15.5 Å². The van der Waals surface area contributed by atoms with Crippen molar-refractivity contribution >= 4 is 15.5 Å². The lowest BCUT2D eigenvalue weighted by atomic mass is 10.0. The quantitative estimate of drug-likeness (QED) is 0.780. The van der Waals surface area contributed by atoms with Crippen molar-refractivity contribution in [1.29, 1.82) is 0 Å². The van der Waals surface area contributed by atoms with Gasteiger partial charge in [-0.1, -0.05) is 6.07 Å². The Morgan fingerprint density at radius 1 is 1.33 bits per heavy atom. The number of fused-ring (bicyclic) bond motifs is 1. The molecule has 1 atom stereocenters. The topological polar surface area (TPSA) is 64.3 Å². The average Bonchev–Trinajstić information content (AvgIpc) is 2.73. The minimum absolute atomic E-state index is 0.0279. The highest BCUT2D eigenvalue weighted by atomic mass is 32.2. The van der Waals surface area contributed by atoms with Gasteiger partial charge in [-0.15, -0.1) is 10.2 Å². The first-order chi connectivity index (χ1) is 8.57. The van der Waals surface area contributed by atoms with Crippen LogP contribution in [0, 0.1) is 6.92 Å². The Morgan fingerprint density at radius 2 is 2.17 bits per heavy atom. The lowest BCUT2D eigenvalue weighted by Gasteiger charge is -2.20. The molecule has 1 fully saturated rings. The van der Waals surface area contributed by atoms with Crippen LogP contribution in [0.15, 0.2) is 18.2 Å². The molecule has 3 rings (SSSR count). The van der Waals surface area contributed by atoms with Crippen LogP contribution >= 0.6 is 0 Å². The van der Waals surface area contributed by atoms with Crippen molar-refractivity contribution in [3.05, 3.63) is 29.7 Å². The molecule has 18 heavy (non-hydrogen) atoms. The number of rotatable bonds is 1. The van der Waals surface area contributed by atoms with Gasteiger partial charge in [0.1, 0.15) is 5.82 Å². The first-order valence-electron chi connectivity index (χ1n) is 6.08. The molecule has 0 spiro atoms. The fourth-order valence-corrected chi connectivity index (χ4v) is 4.32. The summed E-state index contributed by atoms with van der Waals surface area (Å²) in [5, 5.41) is 8.31. The molecule has 2 aromatic heterocycles. The second kappa shape index (κ2) is 4.05. The van der Waals surface area contributed by atoms with Crippen LogP contribution in [-0.2, 0) is 9.84 Å². The largest absolute Gasteiger partial charge is 0.283 e. The van der Waals surface area contributed by atoms with E-state index in [2.05, 4.69) is 10.2 Å². The zero-order valence-electron chi connectivity index (χ0n) is 10.2. The van der Waals surface area contributed by atoms with Crippen molar-refractivity contribution in [2.24, 2.45) is 0 Å². The van der Waals surface area contributed by atoms with E-state index >= 15 is 0 Å². The fraction of sp³-hybridized carbons (Fsp3) is 0.500. The van der Waals surface area contributed by atoms with E-state index in [1.807, 2.05) is 29.5 Å². The van der Waals surface area contributed by atoms with Crippen molar-refractivity contribution in [1.82, 2.24) is 14.6 Å². The van der Waals surface area contributed by atoms with Gasteiger partial charge in [-0.3, -0.25) is 4.40 Å². The molecule has 5 nitrogen and oxygen atoms in total. The van der Waals surface area contributed by atoms with E-state index in [1.54, 1.807) is 0 Å². The highest BCUT2D eigenvalue weighted by molar-refractivity contribution is 7.91. The Morgan fingerprint density at radius 3 is 2.94 bits per heavy atom. The third-order valence-electron chi connectivity index (χ3n) is 3.48. The number of aryl methyl sites for hydroxylation is 1. The standard InChI is InChI=1S/C12H15N3O2S/c1-9-4-2-6-11-13-14-12(15(9)11)10-5-3-7-18(16,17)8-10/h2,4,6,10H,3,5,7-8H2,1H3. The van der Waals surface area contributed by atoms with Crippen LogP contribution in [0.1, 0.15) is 30.3 Å². The molecule has 0 aromatic carbocycles. The summed E-state index contributed by atoms with van der Waals surface area (Å²) >= 11 is 0. The van der Waals surface area contributed by atoms with Crippen molar-refractivity contribution in [2.45, 2.75) is 25.7 Å². The maximum absolute atomic E-state index is 11.7. The summed E-state index contributed by atoms with van der Waals surface area (Å²) in [4.78, 5) is 0. The molecule has 3 heterocycles. The summed E-state index contributed by atoms with van der Waals surface area (Å²) in [7, 11) is -2.92. The molecule has 1 aliphatic heterocycles. The molecule has 0 aliphatic carbocycles. The van der Waals surface area contributed by atoms with Crippen molar-refractivity contribution in [2.75, 3.05) is 11.5 Å². The Labute approximate surface area is 106 Å². The normalized spacial score (nSPS) is 23.3. The van der Waals surface area contributed by atoms with Gasteiger partial charge in [-0.05, 0) is 31.9 Å². The zero-order valence-corrected chi connectivity index (χ0v) is 11.0. The Kier molecular flexibility index (Phi) is 2.62. The van der Waals surface area contributed by atoms with E-state index in [0.717, 1.165) is 23.6 Å². The highest BCUT2D eigenvalue weighted by Crippen LogP contribution is 2.27. The van der Waals surface area contributed by atoms with E-state index in [1.165, 1.54) is 0 Å². The Balaban J connectivity index is 2.09. The summed E-state index contributed by atoms with van der Waals surface area (Å²) in [6.45, 7) is 1.98. The van der Waals surface area contributed by atoms with E-state index in [0.29, 0.717) is 12.2 Å². The monoisotopic (exact) mass is 265 g/mol. The third kappa shape index (κ3) is 1.90. The number of hydrogen-bond acceptors (Lipinski definition) is 4. The van der Waals surface area contributed by atoms with Gasteiger partial charge < -0.3 is 0 Å². The summed E-state index contributed by atoms with van der Waals surface area (Å²) < 4.78 is 25.4. The van der Waals surface area contributed by atoms with Crippen LogP contribution < -0.4 is 0 Å². The fourth-order valence-electron chi connectivity index (χ4n) is 2.62. The molecule has 1 unspecified atom stereocenters. The molecular weight excluding hydrogens is 250 g/mol. The lowest BCUT2D eigenvalue weighted by molar-refractivity contribution is 0.541. The molecule has 96 valence electrons. The zero-order chi connectivity index (χ0) is 12.8. The van der Waals surface area contributed by atoms with Crippen LogP contribution in [0.2, 0.25) is 0 Å². The Hall–Kier alpha value is -1.43. The van der Waals surface area contributed by atoms with Crippen molar-refractivity contribution < 1.29 is 8.42 Å². The van der Waals surface area contributed by atoms with E-state index in [4.69, 9.17) is 0 Å². The predicted octanol–water partition coefficient (Wildman–Crippen LogP) is 1.33. The Bertz CT molecular complexity index is 690. The molecule has 0 bridgehead atoms. The van der Waals surface area contributed by atoms with E-state index in [-0.39, 0.29) is 11.7 Å². The number of sulfone groups is 1. The molecule has 0 amide bonds. The summed E-state index contributed by atoms with van der Waals surface area (Å²) in [6, 6.07) is 5.80. The van der Waals surface area contributed by atoms with Crippen molar-refractivity contribution in [3.63, 3.8) is 0 Å². The molecule has 0 radical (unpaired) electrons. The van der Waals surface area contributed by atoms with Crippen LogP contribution in [0.4, 0.5) is 0 Å². The molecule has 0 N–H and O–H groups in total. The van der Waals surface area contributed by atoms with Gasteiger partial charge in [-0.2, -0.15) is 0 Å². The van der Waals surface area contributed by atoms with Gasteiger partial charge in [-0.25, -0.2) is 8.42 Å². The maximum atomic E-state index is 11.7. The number of aromatic nitrogens is 3. The molecule has 1 aliphatic rings. The minimum atomic E-state index is -2.92. The molecule has 2 aromatic rings. The maximum Gasteiger partial charge on any atom is 0.160 e. The first kappa shape index (κ1) is 11.6. The second-order valence-corrected chi connectivity index (χ2v) is 7.10. The highest BCUT2D eigenvalue weighted by Gasteiger charge is 2.29. The van der Waals surface area contributed by atoms with Gasteiger partial charge in [0.2, 0.25) is 0 Å². The second-order valence-electron chi connectivity index (χ2n) is 4.87. The van der Waals surface area contributed by atoms with Gasteiger partial charge >= 0.3 is 0 Å². The van der Waals surface area contributed by atoms with E-state index in [9.17, 15) is 8.42 Å². The number of hydrogen-bond donors (Lipinski definition) is 0. The average molecular weight is 265 g/mol. The molecule has 0 saturated carbocycles. The predicted molar refractivity (Wildman–Crippen MR) is 68.4 cm³/mol. The third-order valence-corrected chi connectivity index (χ3v) is 5.30. The van der Waals surface area contributed by atoms with Gasteiger partial charge in [0.25, 0.3) is 0 Å². The van der Waals surface area contributed by atoms with Crippen LogP contribution in [0.25, 0.3) is 5.65 Å². The number of pyridine rings is 1. The summed E-state index contributed by atoms with van der Waals surface area (Å²) in [5.74, 6) is 1.26. The van der Waals surface area contributed by atoms with Gasteiger partial charge in [0, 0.05) is 11.6 Å². The van der Waals surface area contributed by atoms with Crippen LogP contribution in [-0.4, -0.2) is 34.5 Å². The minimum Gasteiger partial charge on any atom is -0.283 e. The first-order valence-corrected chi connectivity index (χ1v) is 7.90. The molecule has 6 heteroatoms. The smallest absolute Gasteiger partial charge is 0.160 e. The molecular formula is C12H15N3O2S. The summed E-state index contributed by atoms with van der Waals surface area (Å²) in [5.41, 5.74) is 1.82. The van der Waals surface area contributed by atoms with Gasteiger partial charge in [0.05, 0.1) is 11.5 Å². The SMILES string of the molecule is Cc1cccc2nnc(C3CCCS(=O)(=O)C3)n12. The number of nitrogens with zero attached hydrogens (tertiary/aromatic N) is 3. The van der Waals surface area contributed by atoms with Crippen LogP contribution in [0.5, 0.6) is 0 Å². The van der Waals surface area contributed by atoms with E-state index < -0.39 is 9.84 Å². The molecule has 1 saturated heterocycles. The van der Waals surface area contributed by atoms with Crippen molar-refractivity contribution in [3.8, 4) is 0 Å². The van der Waals surface area contributed by atoms with Crippen LogP contribution in [0.3, 0.4) is 0 Å².